The van der Waals surface area contributed by atoms with Crippen LogP contribution >= 0.6 is 11.6 Å². The largest absolute Gasteiger partial charge is 0.481 e. The zero-order valence-corrected chi connectivity index (χ0v) is 24.7. The Morgan fingerprint density at radius 3 is 2.49 bits per heavy atom. The van der Waals surface area contributed by atoms with E-state index in [0.717, 1.165) is 15.8 Å². The van der Waals surface area contributed by atoms with Crippen LogP contribution in [0.3, 0.4) is 0 Å². The summed E-state index contributed by atoms with van der Waals surface area (Å²) in [6, 6.07) is 4.14. The molecule has 1 aliphatic heterocycles. The average molecular weight is 620 g/mol. The van der Waals surface area contributed by atoms with Crippen molar-refractivity contribution in [2.75, 3.05) is 20.2 Å². The van der Waals surface area contributed by atoms with Crippen LogP contribution in [0.15, 0.2) is 24.3 Å². The van der Waals surface area contributed by atoms with Crippen LogP contribution in [0.1, 0.15) is 71.9 Å². The van der Waals surface area contributed by atoms with Gasteiger partial charge in [0.2, 0.25) is 5.91 Å². The van der Waals surface area contributed by atoms with E-state index in [0.29, 0.717) is 50.2 Å². The number of aliphatic carboxylic acids is 1. The lowest BCUT2D eigenvalue weighted by Gasteiger charge is -2.40. The Balaban J connectivity index is 1.42. The molecule has 3 aliphatic carbocycles. The number of benzene rings is 1. The first-order valence-electron chi connectivity index (χ1n) is 14.6. The number of carbonyl (C=O) groups excluding carboxylic acids is 2. The number of aromatic nitrogens is 2. The van der Waals surface area contributed by atoms with Gasteiger partial charge in [-0.2, -0.15) is 23.0 Å². The van der Waals surface area contributed by atoms with Crippen LogP contribution in [-0.2, 0) is 32.6 Å². The van der Waals surface area contributed by atoms with Gasteiger partial charge in [-0.1, -0.05) is 36.7 Å². The molecule has 1 aromatic heterocycles. The van der Waals surface area contributed by atoms with Crippen molar-refractivity contribution < 1.29 is 37.4 Å². The van der Waals surface area contributed by atoms with Crippen molar-refractivity contribution in [3.05, 3.63) is 57.4 Å². The number of ether oxygens (including phenoxy) is 1. The summed E-state index contributed by atoms with van der Waals surface area (Å²) < 4.78 is 49.2. The van der Waals surface area contributed by atoms with Crippen LogP contribution in [0, 0.1) is 17.8 Å². The molecule has 1 saturated heterocycles. The second-order valence-corrected chi connectivity index (χ2v) is 12.8. The summed E-state index contributed by atoms with van der Waals surface area (Å²) in [4.78, 5) is 41.0. The lowest BCUT2D eigenvalue weighted by Crippen LogP contribution is -2.56. The molecule has 1 amide bonds. The Morgan fingerprint density at radius 2 is 1.88 bits per heavy atom. The number of methoxy groups -OCH3 is 1. The first kappa shape index (κ1) is 29.9. The number of carboxylic acid groups (broad SMARTS) is 1. The van der Waals surface area contributed by atoms with Gasteiger partial charge >= 0.3 is 12.1 Å². The molecule has 2 heterocycles. The molecule has 1 saturated carbocycles. The van der Waals surface area contributed by atoms with Crippen molar-refractivity contribution in [2.24, 2.45) is 17.8 Å². The molecule has 230 valence electrons. The third kappa shape index (κ3) is 4.98. The summed E-state index contributed by atoms with van der Waals surface area (Å²) in [6.07, 6.45) is -1.09. The van der Waals surface area contributed by atoms with Gasteiger partial charge in [-0.15, -0.1) is 0 Å². The highest BCUT2D eigenvalue weighted by Gasteiger charge is 2.65. The minimum Gasteiger partial charge on any atom is -0.481 e. The number of hydrogen-bond acceptors (Lipinski definition) is 5. The number of halogens is 4. The quantitative estimate of drug-likeness (QED) is 0.471. The van der Waals surface area contributed by atoms with Crippen molar-refractivity contribution in [1.29, 1.82) is 0 Å². The third-order valence-corrected chi connectivity index (χ3v) is 10.1. The monoisotopic (exact) mass is 619 g/mol. The average Bonchev–Trinajstić information content (AvgIpc) is 3.67. The molecule has 1 aromatic carbocycles. The van der Waals surface area contributed by atoms with Gasteiger partial charge in [0, 0.05) is 38.1 Å². The second-order valence-electron chi connectivity index (χ2n) is 12.4. The van der Waals surface area contributed by atoms with E-state index in [-0.39, 0.29) is 53.3 Å². The molecule has 1 unspecified atom stereocenters. The maximum absolute atomic E-state index is 14.3. The highest BCUT2D eigenvalue weighted by atomic mass is 35.5. The molecular weight excluding hydrogens is 587 g/mol. The van der Waals surface area contributed by atoms with Crippen molar-refractivity contribution >= 4 is 35.0 Å². The van der Waals surface area contributed by atoms with Gasteiger partial charge in [-0.05, 0) is 61.6 Å². The molecule has 0 bridgehead atoms. The maximum Gasteiger partial charge on any atom is 0.398 e. The summed E-state index contributed by atoms with van der Waals surface area (Å²) in [5, 5.41) is 14.2. The number of alkyl halides is 3. The minimum atomic E-state index is -4.56. The van der Waals surface area contributed by atoms with Gasteiger partial charge in [0.05, 0.1) is 39.4 Å². The van der Waals surface area contributed by atoms with Gasteiger partial charge < -0.3 is 14.7 Å². The Kier molecular flexibility index (Phi) is 7.48. The van der Waals surface area contributed by atoms with Gasteiger partial charge in [0.15, 0.2) is 0 Å². The predicted molar refractivity (Wildman–Crippen MR) is 151 cm³/mol. The Morgan fingerprint density at radius 1 is 1.16 bits per heavy atom. The van der Waals surface area contributed by atoms with Crippen molar-refractivity contribution in [1.82, 2.24) is 14.7 Å². The topological polar surface area (TPSA) is 102 Å². The number of hydrogen-bond donors (Lipinski definition) is 1. The van der Waals surface area contributed by atoms with Crippen molar-refractivity contribution in [3.8, 4) is 0 Å². The molecule has 1 N–H and O–H groups in total. The number of fused-ring (bicyclic) bond motifs is 1. The van der Waals surface area contributed by atoms with Crippen LogP contribution < -0.4 is 0 Å². The molecule has 3 atom stereocenters. The summed E-state index contributed by atoms with van der Waals surface area (Å²) in [5.74, 6) is -2.83. The fourth-order valence-corrected chi connectivity index (χ4v) is 7.22. The molecule has 2 aromatic rings. The second kappa shape index (κ2) is 10.8. The Bertz CT molecular complexity index is 1520. The number of nitrogens with zero attached hydrogens (tertiary/aromatic N) is 3. The molecule has 2 fully saturated rings. The van der Waals surface area contributed by atoms with E-state index in [1.807, 2.05) is 13.0 Å². The summed E-state index contributed by atoms with van der Waals surface area (Å²) in [6.45, 7) is 2.83. The zero-order valence-electron chi connectivity index (χ0n) is 23.9. The van der Waals surface area contributed by atoms with Crippen LogP contribution in [-0.4, -0.2) is 70.1 Å². The van der Waals surface area contributed by atoms with E-state index >= 15 is 0 Å². The van der Waals surface area contributed by atoms with Gasteiger partial charge in [0.1, 0.15) is 0 Å². The van der Waals surface area contributed by atoms with E-state index in [2.05, 4.69) is 0 Å². The van der Waals surface area contributed by atoms with Crippen molar-refractivity contribution in [3.63, 3.8) is 0 Å². The highest BCUT2D eigenvalue weighted by molar-refractivity contribution is 6.34. The maximum atomic E-state index is 14.3. The van der Waals surface area contributed by atoms with Gasteiger partial charge in [-0.25, -0.2) is 0 Å². The normalized spacial score (nSPS) is 25.0. The fourth-order valence-electron chi connectivity index (χ4n) is 6.96. The molecule has 43 heavy (non-hydrogen) atoms. The van der Waals surface area contributed by atoms with E-state index in [1.54, 1.807) is 12.0 Å². The molecule has 8 nitrogen and oxygen atoms in total. The molecule has 6 rings (SSSR count). The number of likely N-dealkylation sites (tertiary alicyclic amines) is 1. The fraction of sp³-hybridized carbons (Fsp3) is 0.548. The molecule has 12 heteroatoms. The van der Waals surface area contributed by atoms with Crippen LogP contribution in [0.5, 0.6) is 0 Å². The van der Waals surface area contributed by atoms with Gasteiger partial charge in [-0.3, -0.25) is 14.4 Å². The lowest BCUT2D eigenvalue weighted by molar-refractivity contribution is -0.160. The number of carbonyl (C=O) groups is 3. The van der Waals surface area contributed by atoms with Crippen LogP contribution in [0.2, 0.25) is 5.02 Å². The Labute approximate surface area is 251 Å². The summed E-state index contributed by atoms with van der Waals surface area (Å²) in [5.41, 5.74) is 0.0775. The number of allylic oxidation sites excluding steroid dienone is 2. The van der Waals surface area contributed by atoms with Crippen LogP contribution in [0.4, 0.5) is 13.2 Å². The molecule has 4 aliphatic rings. The van der Waals surface area contributed by atoms with E-state index in [1.165, 1.54) is 18.2 Å². The van der Waals surface area contributed by atoms with E-state index in [4.69, 9.17) is 21.4 Å². The number of rotatable bonds is 6. The first-order valence-corrected chi connectivity index (χ1v) is 15.0. The van der Waals surface area contributed by atoms with E-state index < -0.39 is 35.3 Å². The smallest absolute Gasteiger partial charge is 0.398 e. The number of carboxylic acids is 1. The van der Waals surface area contributed by atoms with E-state index in [9.17, 15) is 32.7 Å². The SMILES string of the molecule is COC1CN(C(=O)C2CCc3c(C4=CC[C@@H](C(=O)O)[C@@H](C)C4)nn(C(=O)c4c(Cl)cccc4C4(C(F)(F)F)CC4)c3C2)C1. The lowest BCUT2D eigenvalue weighted by atomic mass is 9.78. The highest BCUT2D eigenvalue weighted by Crippen LogP contribution is 2.60. The van der Waals surface area contributed by atoms with Crippen LogP contribution in [0.25, 0.3) is 5.57 Å². The predicted octanol–water partition coefficient (Wildman–Crippen LogP) is 5.30. The third-order valence-electron chi connectivity index (χ3n) is 9.81. The molecule has 0 spiro atoms. The summed E-state index contributed by atoms with van der Waals surface area (Å²) >= 11 is 6.47. The molecular formula is C31H33ClF3N3O5. The standard InChI is InChI=1S/C31H33ClF3N3O5/c1-16-12-17(6-8-20(16)29(41)42)26-21-9-7-18(27(39)37-14-19(15-37)43-2)13-24(21)38(36-26)28(40)25-22(4-3-5-23(25)32)30(10-11-30)31(33,34)35/h3-6,16,18-20H,7-15H2,1-2H3,(H,41,42)/t16-,18?,20+/m0/s1. The Hall–Kier alpha value is -3.18. The first-order chi connectivity index (χ1) is 20.4. The van der Waals surface area contributed by atoms with Gasteiger partial charge in [0.25, 0.3) is 5.91 Å². The summed E-state index contributed by atoms with van der Waals surface area (Å²) in [7, 11) is 1.60. The number of amides is 1. The molecule has 0 radical (unpaired) electrons. The van der Waals surface area contributed by atoms with Crippen molar-refractivity contribution in [2.45, 2.75) is 69.6 Å². The minimum absolute atomic E-state index is 0.0151. The zero-order chi connectivity index (χ0) is 30.8.